The van der Waals surface area contributed by atoms with Crippen LogP contribution in [0.25, 0.3) is 28.3 Å². The van der Waals surface area contributed by atoms with Crippen molar-refractivity contribution in [3.05, 3.63) is 72.3 Å². The summed E-state index contributed by atoms with van der Waals surface area (Å²) < 4.78 is 4.38. The van der Waals surface area contributed by atoms with E-state index >= 15 is 0 Å². The van der Waals surface area contributed by atoms with Crippen LogP contribution in [0.1, 0.15) is 18.2 Å². The Morgan fingerprint density at radius 3 is 2.62 bits per heavy atom. The van der Waals surface area contributed by atoms with Gasteiger partial charge in [0.15, 0.2) is 5.82 Å². The third-order valence-corrected chi connectivity index (χ3v) is 7.19. The van der Waals surface area contributed by atoms with E-state index in [0.29, 0.717) is 24.1 Å². The molecule has 4 aromatic rings. The highest BCUT2D eigenvalue weighted by molar-refractivity contribution is 5.72. The van der Waals surface area contributed by atoms with Crippen molar-refractivity contribution in [2.24, 2.45) is 5.92 Å². The Balaban J connectivity index is 1.40. The van der Waals surface area contributed by atoms with E-state index in [1.165, 1.54) is 0 Å². The van der Waals surface area contributed by atoms with Crippen LogP contribution in [-0.4, -0.2) is 57.2 Å². The standard InChI is InChI=1S/C27H27N7/c1-18-14-33(17-25(18)31(2)3)26-9-8-23-22(30-26)16-32-15-21(20-6-4-19(13-28)5-7-20)12-24(32)27-29-10-11-34(23)27/h4-12,15,18,25H,14,16-17H2,1-3H3/t18-,25-/m0/s1. The first-order valence-electron chi connectivity index (χ1n) is 11.7. The fourth-order valence-corrected chi connectivity index (χ4v) is 5.38. The van der Waals surface area contributed by atoms with E-state index in [0.717, 1.165) is 52.9 Å². The van der Waals surface area contributed by atoms with Crippen molar-refractivity contribution in [2.45, 2.75) is 19.5 Å². The molecule has 170 valence electrons. The van der Waals surface area contributed by atoms with Crippen LogP contribution in [0.5, 0.6) is 0 Å². The molecule has 0 unspecified atom stereocenters. The van der Waals surface area contributed by atoms with Crippen molar-refractivity contribution in [1.29, 1.82) is 5.26 Å². The van der Waals surface area contributed by atoms with E-state index in [1.807, 2.05) is 36.7 Å². The second-order valence-electron chi connectivity index (χ2n) is 9.60. The largest absolute Gasteiger partial charge is 0.355 e. The number of aromatic nitrogens is 4. The average Bonchev–Trinajstić information content (AvgIpc) is 3.56. The fraction of sp³-hybridized carbons (Fsp3) is 0.296. The number of likely N-dealkylation sites (N-methyl/N-ethyl adjacent to an activating group) is 1. The van der Waals surface area contributed by atoms with Gasteiger partial charge < -0.3 is 14.4 Å². The number of anilines is 1. The number of nitriles is 1. The van der Waals surface area contributed by atoms with Gasteiger partial charge in [0, 0.05) is 43.3 Å². The predicted octanol–water partition coefficient (Wildman–Crippen LogP) is 4.02. The number of benzene rings is 1. The van der Waals surface area contributed by atoms with Gasteiger partial charge in [-0.2, -0.15) is 5.26 Å². The van der Waals surface area contributed by atoms with Gasteiger partial charge in [0.1, 0.15) is 5.82 Å². The first-order valence-corrected chi connectivity index (χ1v) is 11.7. The smallest absolute Gasteiger partial charge is 0.161 e. The predicted molar refractivity (Wildman–Crippen MR) is 133 cm³/mol. The summed E-state index contributed by atoms with van der Waals surface area (Å²) in [6, 6.07) is 17.0. The van der Waals surface area contributed by atoms with E-state index in [2.05, 4.69) is 75.4 Å². The maximum absolute atomic E-state index is 9.12. The first kappa shape index (κ1) is 20.7. The molecule has 2 atom stereocenters. The zero-order valence-corrected chi connectivity index (χ0v) is 19.7. The van der Waals surface area contributed by atoms with Gasteiger partial charge in [-0.3, -0.25) is 4.57 Å². The van der Waals surface area contributed by atoms with Crippen molar-refractivity contribution in [3.8, 4) is 34.4 Å². The maximum Gasteiger partial charge on any atom is 0.161 e. The van der Waals surface area contributed by atoms with E-state index in [-0.39, 0.29) is 0 Å². The summed E-state index contributed by atoms with van der Waals surface area (Å²) in [6.45, 7) is 5.01. The lowest BCUT2D eigenvalue weighted by Crippen LogP contribution is -2.34. The Kier molecular flexibility index (Phi) is 4.78. The van der Waals surface area contributed by atoms with Crippen molar-refractivity contribution in [3.63, 3.8) is 0 Å². The van der Waals surface area contributed by atoms with Gasteiger partial charge in [-0.1, -0.05) is 19.1 Å². The zero-order chi connectivity index (χ0) is 23.4. The average molecular weight is 450 g/mol. The van der Waals surface area contributed by atoms with Crippen LogP contribution in [0, 0.1) is 17.2 Å². The minimum atomic E-state index is 0.534. The van der Waals surface area contributed by atoms with E-state index in [4.69, 9.17) is 10.2 Å². The molecule has 2 aliphatic rings. The zero-order valence-electron chi connectivity index (χ0n) is 19.7. The van der Waals surface area contributed by atoms with E-state index in [1.54, 1.807) is 0 Å². The van der Waals surface area contributed by atoms with Gasteiger partial charge in [0.25, 0.3) is 0 Å². The Morgan fingerprint density at radius 1 is 1.06 bits per heavy atom. The molecular formula is C27H27N7. The van der Waals surface area contributed by atoms with Crippen molar-refractivity contribution in [2.75, 3.05) is 32.1 Å². The molecule has 7 heteroatoms. The lowest BCUT2D eigenvalue weighted by atomic mass is 10.1. The van der Waals surface area contributed by atoms with Crippen molar-refractivity contribution in [1.82, 2.24) is 24.0 Å². The Bertz CT molecular complexity index is 1400. The SMILES string of the molecule is C[C@H]1CN(c2ccc3c(n2)Cn2cc(-c4ccc(C#N)cc4)cc2-c2nccn2-3)C[C@@H]1N(C)C. The van der Waals surface area contributed by atoms with Gasteiger partial charge in [0.05, 0.1) is 35.3 Å². The molecule has 6 rings (SSSR count). The van der Waals surface area contributed by atoms with Crippen LogP contribution in [0.4, 0.5) is 5.82 Å². The second kappa shape index (κ2) is 7.86. The maximum atomic E-state index is 9.12. The fourth-order valence-electron chi connectivity index (χ4n) is 5.38. The van der Waals surface area contributed by atoms with Crippen LogP contribution in [0.15, 0.2) is 61.1 Å². The molecule has 0 saturated carbocycles. The number of fused-ring (bicyclic) bond motifs is 5. The number of rotatable bonds is 3. The molecule has 5 heterocycles. The monoisotopic (exact) mass is 449 g/mol. The molecule has 1 fully saturated rings. The summed E-state index contributed by atoms with van der Waals surface area (Å²) in [4.78, 5) is 14.6. The lowest BCUT2D eigenvalue weighted by Gasteiger charge is -2.23. The van der Waals surface area contributed by atoms with E-state index in [9.17, 15) is 0 Å². The molecule has 0 bridgehead atoms. The summed E-state index contributed by atoms with van der Waals surface area (Å²) in [6.07, 6.45) is 6.03. The van der Waals surface area contributed by atoms with Crippen LogP contribution in [0.3, 0.4) is 0 Å². The third kappa shape index (κ3) is 3.30. The Labute approximate surface area is 199 Å². The van der Waals surface area contributed by atoms with E-state index < -0.39 is 0 Å². The molecule has 7 nitrogen and oxygen atoms in total. The minimum Gasteiger partial charge on any atom is -0.355 e. The third-order valence-electron chi connectivity index (χ3n) is 7.19. The van der Waals surface area contributed by atoms with Crippen LogP contribution in [-0.2, 0) is 6.54 Å². The molecule has 1 saturated heterocycles. The molecule has 1 aromatic carbocycles. The Morgan fingerprint density at radius 2 is 1.88 bits per heavy atom. The minimum absolute atomic E-state index is 0.534. The molecule has 0 aliphatic carbocycles. The molecule has 0 spiro atoms. The van der Waals surface area contributed by atoms with Crippen LogP contribution in [0.2, 0.25) is 0 Å². The van der Waals surface area contributed by atoms with Gasteiger partial charge in [-0.05, 0) is 55.9 Å². The molecule has 0 amide bonds. The number of pyridine rings is 1. The highest BCUT2D eigenvalue weighted by Crippen LogP contribution is 2.35. The Hall–Kier alpha value is -3.89. The van der Waals surface area contributed by atoms with Gasteiger partial charge in [-0.25, -0.2) is 9.97 Å². The van der Waals surface area contributed by atoms with Crippen LogP contribution >= 0.6 is 0 Å². The number of hydrogen-bond donors (Lipinski definition) is 0. The molecule has 34 heavy (non-hydrogen) atoms. The number of hydrogen-bond acceptors (Lipinski definition) is 5. The second-order valence-corrected chi connectivity index (χ2v) is 9.60. The molecule has 0 N–H and O–H groups in total. The normalized spacial score (nSPS) is 18.9. The summed E-state index contributed by atoms with van der Waals surface area (Å²) in [7, 11) is 4.32. The van der Waals surface area contributed by atoms with Gasteiger partial charge in [0.2, 0.25) is 0 Å². The first-order chi connectivity index (χ1) is 16.5. The molecule has 3 aromatic heterocycles. The topological polar surface area (TPSA) is 65.9 Å². The van der Waals surface area contributed by atoms with Crippen LogP contribution < -0.4 is 4.90 Å². The highest BCUT2D eigenvalue weighted by Gasteiger charge is 2.32. The number of imidazole rings is 1. The molecule has 0 radical (unpaired) electrons. The summed E-state index contributed by atoms with van der Waals surface area (Å²) >= 11 is 0. The lowest BCUT2D eigenvalue weighted by molar-refractivity contribution is 0.266. The van der Waals surface area contributed by atoms with Crippen molar-refractivity contribution >= 4 is 5.82 Å². The van der Waals surface area contributed by atoms with Crippen molar-refractivity contribution < 1.29 is 0 Å². The molecule has 2 aliphatic heterocycles. The van der Waals surface area contributed by atoms with Gasteiger partial charge in [-0.15, -0.1) is 0 Å². The molecular weight excluding hydrogens is 422 g/mol. The summed E-state index contributed by atoms with van der Waals surface area (Å²) in [5.74, 6) is 2.55. The highest BCUT2D eigenvalue weighted by atomic mass is 15.3. The quantitative estimate of drug-likeness (QED) is 0.416. The number of nitrogens with zero attached hydrogens (tertiary/aromatic N) is 7. The summed E-state index contributed by atoms with van der Waals surface area (Å²) in [5, 5.41) is 9.12. The van der Waals surface area contributed by atoms with Gasteiger partial charge >= 0.3 is 0 Å². The summed E-state index contributed by atoms with van der Waals surface area (Å²) in [5.41, 5.74) is 6.04.